The minimum atomic E-state index is -2.98. The Morgan fingerprint density at radius 3 is 2.26 bits per heavy atom. The lowest BCUT2D eigenvalue weighted by atomic mass is 9.88. The van der Waals surface area contributed by atoms with E-state index in [1.54, 1.807) is 0 Å². The summed E-state index contributed by atoms with van der Waals surface area (Å²) in [6.45, 7) is 0. The minimum absolute atomic E-state index is 0.111. The Balaban J connectivity index is 2.24. The van der Waals surface area contributed by atoms with Gasteiger partial charge in [-0.1, -0.05) is 18.2 Å². The molecule has 2 aromatic rings. The SMILES string of the molecule is COc1cc(/C=C/C(=O)O[C@H](C(=O)O)[C@@](O)(Cc2ccc(O)cc2)C(=O)O)ccc1O. The highest BCUT2D eigenvalue weighted by Crippen LogP contribution is 2.27. The monoisotopic (exact) mass is 432 g/mol. The Bertz CT molecular complexity index is 996. The van der Waals surface area contributed by atoms with Crippen molar-refractivity contribution in [2.75, 3.05) is 7.11 Å². The first-order valence-corrected chi connectivity index (χ1v) is 8.79. The molecule has 0 aliphatic carbocycles. The van der Waals surface area contributed by atoms with Crippen LogP contribution < -0.4 is 4.74 Å². The molecule has 10 nitrogen and oxygen atoms in total. The van der Waals surface area contributed by atoms with Gasteiger partial charge in [0.05, 0.1) is 7.11 Å². The number of aliphatic hydroxyl groups is 1. The molecule has 2 rings (SSSR count). The average Bonchev–Trinajstić information content (AvgIpc) is 2.72. The summed E-state index contributed by atoms with van der Waals surface area (Å²) in [6.07, 6.45) is -1.07. The van der Waals surface area contributed by atoms with Crippen LogP contribution in [0.3, 0.4) is 0 Å². The van der Waals surface area contributed by atoms with Gasteiger partial charge in [-0.05, 0) is 41.5 Å². The predicted octanol–water partition coefficient (Wildman–Crippen LogP) is 1.17. The number of aliphatic carboxylic acids is 2. The fraction of sp³-hybridized carbons (Fsp3) is 0.190. The van der Waals surface area contributed by atoms with Crippen LogP contribution in [0.25, 0.3) is 6.08 Å². The number of carbonyl (C=O) groups is 3. The van der Waals surface area contributed by atoms with E-state index in [9.17, 15) is 39.9 Å². The molecular weight excluding hydrogens is 412 g/mol. The van der Waals surface area contributed by atoms with Crippen molar-refractivity contribution in [3.05, 3.63) is 59.7 Å². The first-order chi connectivity index (χ1) is 14.6. The number of carboxylic acids is 2. The third kappa shape index (κ3) is 5.73. The number of hydrogen-bond acceptors (Lipinski definition) is 8. The number of methoxy groups -OCH3 is 1. The number of ether oxygens (including phenoxy) is 2. The van der Waals surface area contributed by atoms with Crippen LogP contribution in [-0.4, -0.2) is 62.3 Å². The molecule has 0 heterocycles. The first-order valence-electron chi connectivity index (χ1n) is 8.79. The van der Waals surface area contributed by atoms with Crippen LogP contribution in [0.1, 0.15) is 11.1 Å². The van der Waals surface area contributed by atoms with E-state index in [0.29, 0.717) is 5.56 Å². The van der Waals surface area contributed by atoms with Crippen LogP contribution in [-0.2, 0) is 25.5 Å². The Kier molecular flexibility index (Phi) is 7.22. The topological polar surface area (TPSA) is 171 Å². The van der Waals surface area contributed by atoms with Gasteiger partial charge in [-0.25, -0.2) is 14.4 Å². The van der Waals surface area contributed by atoms with Crippen molar-refractivity contribution in [2.45, 2.75) is 18.1 Å². The highest BCUT2D eigenvalue weighted by Gasteiger charge is 2.51. The first kappa shape index (κ1) is 23.2. The van der Waals surface area contributed by atoms with Crippen molar-refractivity contribution < 1.29 is 49.4 Å². The Morgan fingerprint density at radius 1 is 1.06 bits per heavy atom. The highest BCUT2D eigenvalue weighted by molar-refractivity contribution is 5.93. The Labute approximate surface area is 176 Å². The third-order valence-corrected chi connectivity index (χ3v) is 4.29. The maximum absolute atomic E-state index is 12.1. The zero-order valence-electron chi connectivity index (χ0n) is 16.3. The van der Waals surface area contributed by atoms with Crippen LogP contribution in [0.15, 0.2) is 48.5 Å². The average molecular weight is 432 g/mol. The van der Waals surface area contributed by atoms with Crippen molar-refractivity contribution in [3.63, 3.8) is 0 Å². The Morgan fingerprint density at radius 2 is 1.71 bits per heavy atom. The second-order valence-electron chi connectivity index (χ2n) is 6.49. The summed E-state index contributed by atoms with van der Waals surface area (Å²) >= 11 is 0. The molecule has 5 N–H and O–H groups in total. The molecule has 0 aliphatic rings. The van der Waals surface area contributed by atoms with E-state index >= 15 is 0 Å². The van der Waals surface area contributed by atoms with Gasteiger partial charge < -0.3 is 35.0 Å². The van der Waals surface area contributed by atoms with Crippen LogP contribution in [0.4, 0.5) is 0 Å². The molecule has 2 aromatic carbocycles. The van der Waals surface area contributed by atoms with Gasteiger partial charge in [0.1, 0.15) is 5.75 Å². The van der Waals surface area contributed by atoms with Gasteiger partial charge in [0, 0.05) is 12.5 Å². The third-order valence-electron chi connectivity index (χ3n) is 4.29. The molecule has 164 valence electrons. The fourth-order valence-corrected chi connectivity index (χ4v) is 2.68. The van der Waals surface area contributed by atoms with Crippen molar-refractivity contribution in [2.24, 2.45) is 0 Å². The minimum Gasteiger partial charge on any atom is -0.508 e. The molecule has 0 unspecified atom stereocenters. The van der Waals surface area contributed by atoms with Crippen LogP contribution in [0.5, 0.6) is 17.2 Å². The van der Waals surface area contributed by atoms with Gasteiger partial charge >= 0.3 is 17.9 Å². The van der Waals surface area contributed by atoms with Gasteiger partial charge in [-0.3, -0.25) is 0 Å². The quantitative estimate of drug-likeness (QED) is 0.286. The second kappa shape index (κ2) is 9.63. The van der Waals surface area contributed by atoms with Crippen molar-refractivity contribution in [3.8, 4) is 17.2 Å². The molecule has 0 amide bonds. The highest BCUT2D eigenvalue weighted by atomic mass is 16.6. The second-order valence-corrected chi connectivity index (χ2v) is 6.49. The largest absolute Gasteiger partial charge is 0.508 e. The number of carboxylic acid groups (broad SMARTS) is 2. The lowest BCUT2D eigenvalue weighted by molar-refractivity contribution is -0.192. The summed E-state index contributed by atoms with van der Waals surface area (Å²) in [5.41, 5.74) is -2.39. The van der Waals surface area contributed by atoms with Crippen molar-refractivity contribution in [1.29, 1.82) is 0 Å². The Hall–Kier alpha value is -4.05. The number of aromatic hydroxyl groups is 2. The number of phenols is 2. The summed E-state index contributed by atoms with van der Waals surface area (Å²) in [5.74, 6) is -5.10. The number of carbonyl (C=O) groups excluding carboxylic acids is 1. The number of benzene rings is 2. The predicted molar refractivity (Wildman–Crippen MR) is 106 cm³/mol. The summed E-state index contributed by atoms with van der Waals surface area (Å²) in [4.78, 5) is 35.4. The number of rotatable bonds is 9. The smallest absolute Gasteiger partial charge is 0.348 e. The van der Waals surface area contributed by atoms with E-state index in [2.05, 4.69) is 0 Å². The molecule has 0 aliphatic heterocycles. The summed E-state index contributed by atoms with van der Waals surface area (Å²) in [6, 6.07) is 9.19. The van der Waals surface area contributed by atoms with E-state index in [0.717, 1.165) is 6.08 Å². The summed E-state index contributed by atoms with van der Waals surface area (Å²) < 4.78 is 9.68. The van der Waals surface area contributed by atoms with Crippen LogP contribution in [0.2, 0.25) is 0 Å². The lowest BCUT2D eigenvalue weighted by Gasteiger charge is -2.29. The maximum atomic E-state index is 12.1. The molecule has 0 spiro atoms. The van der Waals surface area contributed by atoms with E-state index < -0.39 is 36.0 Å². The maximum Gasteiger partial charge on any atom is 0.348 e. The van der Waals surface area contributed by atoms with Gasteiger partial charge in [0.15, 0.2) is 11.5 Å². The van der Waals surface area contributed by atoms with E-state index in [4.69, 9.17) is 9.47 Å². The molecule has 0 fully saturated rings. The fourth-order valence-electron chi connectivity index (χ4n) is 2.68. The molecule has 2 atom stereocenters. The van der Waals surface area contributed by atoms with Gasteiger partial charge in [-0.15, -0.1) is 0 Å². The number of hydrogen-bond donors (Lipinski definition) is 5. The molecule has 0 bridgehead atoms. The standard InChI is InChI=1S/C21H20O10/c1-30-16-10-12(4-8-15(16)23)5-9-17(24)31-18(19(25)26)21(29,20(27)28)11-13-2-6-14(22)7-3-13/h2-10,18,22-23,29H,11H2,1H3,(H,25,26)(H,27,28)/b9-5+/t18-,21+/m1/s1. The molecule has 0 radical (unpaired) electrons. The van der Waals surface area contributed by atoms with Crippen molar-refractivity contribution >= 4 is 24.0 Å². The van der Waals surface area contributed by atoms with Gasteiger partial charge in [0.25, 0.3) is 0 Å². The number of esters is 1. The van der Waals surface area contributed by atoms with Gasteiger partial charge in [-0.2, -0.15) is 0 Å². The zero-order valence-corrected chi connectivity index (χ0v) is 16.3. The molecule has 10 heteroatoms. The summed E-state index contributed by atoms with van der Waals surface area (Å²) in [7, 11) is 1.33. The van der Waals surface area contributed by atoms with Gasteiger partial charge in [0.2, 0.25) is 11.7 Å². The molecule has 31 heavy (non-hydrogen) atoms. The van der Waals surface area contributed by atoms with E-state index in [1.807, 2.05) is 0 Å². The molecular formula is C21H20O10. The molecule has 0 aromatic heterocycles. The van der Waals surface area contributed by atoms with Crippen molar-refractivity contribution in [1.82, 2.24) is 0 Å². The zero-order chi connectivity index (χ0) is 23.2. The van der Waals surface area contributed by atoms with Crippen LogP contribution in [0, 0.1) is 0 Å². The van der Waals surface area contributed by atoms with E-state index in [-0.39, 0.29) is 22.8 Å². The lowest BCUT2D eigenvalue weighted by Crippen LogP contribution is -2.56. The molecule has 0 saturated heterocycles. The van der Waals surface area contributed by atoms with Crippen LogP contribution >= 0.6 is 0 Å². The molecule has 0 saturated carbocycles. The summed E-state index contributed by atoms with van der Waals surface area (Å²) in [5, 5.41) is 48.3. The van der Waals surface area contributed by atoms with E-state index in [1.165, 1.54) is 55.7 Å². The normalized spacial score (nSPS) is 13.9. The number of phenolic OH excluding ortho intramolecular Hbond substituents is 2.